The molecular formula is C26H39N7O2. The lowest BCUT2D eigenvalue weighted by Gasteiger charge is -2.38. The minimum absolute atomic E-state index is 0.0653. The number of nitrogens with one attached hydrogen (secondary N) is 1. The van der Waals surface area contributed by atoms with Crippen LogP contribution < -0.4 is 15.6 Å². The molecule has 1 unspecified atom stereocenters. The van der Waals surface area contributed by atoms with Crippen molar-refractivity contribution in [3.05, 3.63) is 36.4 Å². The molecule has 1 aromatic rings. The number of amidine groups is 2. The van der Waals surface area contributed by atoms with Crippen molar-refractivity contribution >= 4 is 29.6 Å². The number of hydrogen-bond acceptors (Lipinski definition) is 5. The van der Waals surface area contributed by atoms with Gasteiger partial charge in [0.1, 0.15) is 23.8 Å². The standard InChI is InChI=1S/C26H39N7O2/c1-5-6-7-24(30-25(29-4)19(2)3)31-15-12-20(13-16-31)32-17-14-23(26(32)34)35-22-10-8-21(9-11-22)33(28)18-27/h5-6,8-11,18-20,23,27H,7,12-17,28H2,1-4H3/b6-5+,27-18?,29-25?,30-24?. The number of anilines is 1. The van der Waals surface area contributed by atoms with Gasteiger partial charge in [0, 0.05) is 51.5 Å². The summed E-state index contributed by atoms with van der Waals surface area (Å²) >= 11 is 0. The number of aliphatic imine (C=N–C) groups is 2. The van der Waals surface area contributed by atoms with Crippen LogP contribution in [0.2, 0.25) is 0 Å². The Morgan fingerprint density at radius 3 is 2.49 bits per heavy atom. The molecule has 2 saturated heterocycles. The third-order valence-electron chi connectivity index (χ3n) is 6.54. The van der Waals surface area contributed by atoms with E-state index in [9.17, 15) is 4.79 Å². The molecule has 1 aromatic carbocycles. The van der Waals surface area contributed by atoms with Crippen LogP contribution in [0.1, 0.15) is 46.5 Å². The zero-order valence-electron chi connectivity index (χ0n) is 21.4. The normalized spacial score (nSPS) is 20.3. The number of nitrogens with two attached hydrogens (primary N) is 1. The number of amides is 1. The van der Waals surface area contributed by atoms with Gasteiger partial charge in [0.25, 0.3) is 5.91 Å². The Bertz CT molecular complexity index is 947. The van der Waals surface area contributed by atoms with E-state index in [0.29, 0.717) is 17.9 Å². The van der Waals surface area contributed by atoms with Crippen molar-refractivity contribution in [3.8, 4) is 5.75 Å². The Morgan fingerprint density at radius 1 is 1.23 bits per heavy atom. The second-order valence-electron chi connectivity index (χ2n) is 9.21. The predicted molar refractivity (Wildman–Crippen MR) is 142 cm³/mol. The summed E-state index contributed by atoms with van der Waals surface area (Å²) in [4.78, 5) is 26.7. The van der Waals surface area contributed by atoms with Crippen LogP contribution in [-0.2, 0) is 4.79 Å². The molecule has 0 bridgehead atoms. The van der Waals surface area contributed by atoms with Crippen LogP contribution in [0.25, 0.3) is 0 Å². The minimum atomic E-state index is -0.461. The third kappa shape index (κ3) is 6.69. The molecule has 2 fully saturated rings. The Balaban J connectivity index is 1.58. The van der Waals surface area contributed by atoms with Gasteiger partial charge in [0.05, 0.1) is 5.69 Å². The summed E-state index contributed by atoms with van der Waals surface area (Å²) in [6.45, 7) is 8.71. The van der Waals surface area contributed by atoms with Crippen LogP contribution in [0.3, 0.4) is 0 Å². The van der Waals surface area contributed by atoms with Crippen molar-refractivity contribution in [1.29, 1.82) is 5.41 Å². The number of carbonyl (C=O) groups is 1. The fourth-order valence-electron chi connectivity index (χ4n) is 4.56. The molecule has 1 atom stereocenters. The fraction of sp³-hybridized carbons (Fsp3) is 0.538. The molecule has 0 aliphatic carbocycles. The summed E-state index contributed by atoms with van der Waals surface area (Å²) in [5, 5.41) is 8.44. The van der Waals surface area contributed by atoms with Gasteiger partial charge >= 0.3 is 0 Å². The molecule has 0 aromatic heterocycles. The van der Waals surface area contributed by atoms with E-state index in [4.69, 9.17) is 21.0 Å². The van der Waals surface area contributed by atoms with E-state index in [0.717, 1.165) is 56.9 Å². The minimum Gasteiger partial charge on any atom is -0.481 e. The summed E-state index contributed by atoms with van der Waals surface area (Å²) in [5.74, 6) is 8.58. The molecule has 0 radical (unpaired) electrons. The average molecular weight is 482 g/mol. The Hall–Kier alpha value is -3.20. The molecule has 0 spiro atoms. The monoisotopic (exact) mass is 481 g/mol. The highest BCUT2D eigenvalue weighted by Crippen LogP contribution is 2.27. The first-order valence-corrected chi connectivity index (χ1v) is 12.4. The van der Waals surface area contributed by atoms with E-state index >= 15 is 0 Å². The van der Waals surface area contributed by atoms with Gasteiger partial charge in [-0.15, -0.1) is 0 Å². The average Bonchev–Trinajstić information content (AvgIpc) is 3.23. The number of ether oxygens (including phenoxy) is 1. The van der Waals surface area contributed by atoms with Gasteiger partial charge in [-0.1, -0.05) is 26.0 Å². The van der Waals surface area contributed by atoms with E-state index in [1.165, 1.54) is 5.01 Å². The molecular weight excluding hydrogens is 442 g/mol. The second kappa shape index (κ2) is 12.5. The number of benzene rings is 1. The molecule has 190 valence electrons. The maximum atomic E-state index is 13.1. The number of hydrogen-bond donors (Lipinski definition) is 2. The first kappa shape index (κ1) is 26.4. The molecule has 3 N–H and O–H groups in total. The van der Waals surface area contributed by atoms with E-state index in [-0.39, 0.29) is 17.9 Å². The van der Waals surface area contributed by atoms with Gasteiger partial charge in [0.15, 0.2) is 6.10 Å². The van der Waals surface area contributed by atoms with Crippen LogP contribution in [0.5, 0.6) is 5.75 Å². The first-order valence-electron chi connectivity index (χ1n) is 12.4. The largest absolute Gasteiger partial charge is 0.481 e. The summed E-state index contributed by atoms with van der Waals surface area (Å²) in [7, 11) is 1.80. The SMILES string of the molecule is C/C=C/CC(=NC(=NC)C(C)C)N1CCC(N2CCC(Oc3ccc(N(N)C=N)cc3)C2=O)CC1. The van der Waals surface area contributed by atoms with E-state index < -0.39 is 6.10 Å². The number of carbonyl (C=O) groups excluding carboxylic acids is 1. The smallest absolute Gasteiger partial charge is 0.263 e. The zero-order valence-corrected chi connectivity index (χ0v) is 21.4. The zero-order chi connectivity index (χ0) is 25.4. The second-order valence-corrected chi connectivity index (χ2v) is 9.21. The maximum Gasteiger partial charge on any atom is 0.263 e. The lowest BCUT2D eigenvalue weighted by molar-refractivity contribution is -0.135. The summed E-state index contributed by atoms with van der Waals surface area (Å²) in [5.41, 5.74) is 0.682. The van der Waals surface area contributed by atoms with Gasteiger partial charge in [-0.3, -0.25) is 20.2 Å². The highest BCUT2D eigenvalue weighted by molar-refractivity contribution is 5.98. The Labute approximate surface area is 208 Å². The number of likely N-dealkylation sites (tertiary alicyclic amines) is 2. The Kier molecular flexibility index (Phi) is 9.42. The molecule has 9 heteroatoms. The molecule has 2 aliphatic rings. The molecule has 9 nitrogen and oxygen atoms in total. The molecule has 0 saturated carbocycles. The van der Waals surface area contributed by atoms with Crippen molar-refractivity contribution < 1.29 is 9.53 Å². The lowest BCUT2D eigenvalue weighted by atomic mass is 10.0. The quantitative estimate of drug-likeness (QED) is 0.194. The number of allylic oxidation sites excluding steroid dienone is 1. The van der Waals surface area contributed by atoms with E-state index in [2.05, 4.69) is 35.9 Å². The first-order chi connectivity index (χ1) is 16.9. The molecule has 2 heterocycles. The topological polar surface area (TPSA) is 111 Å². The predicted octanol–water partition coefficient (Wildman–Crippen LogP) is 3.47. The van der Waals surface area contributed by atoms with Gasteiger partial charge in [-0.2, -0.15) is 0 Å². The van der Waals surface area contributed by atoms with Crippen molar-refractivity contribution in [2.45, 2.75) is 58.6 Å². The highest BCUT2D eigenvalue weighted by atomic mass is 16.5. The van der Waals surface area contributed by atoms with E-state index in [1.54, 1.807) is 31.3 Å². The Morgan fingerprint density at radius 2 is 1.91 bits per heavy atom. The van der Waals surface area contributed by atoms with Crippen LogP contribution >= 0.6 is 0 Å². The molecule has 3 rings (SSSR count). The van der Waals surface area contributed by atoms with Gasteiger partial charge in [-0.25, -0.2) is 10.8 Å². The summed E-state index contributed by atoms with van der Waals surface area (Å²) < 4.78 is 6.00. The van der Waals surface area contributed by atoms with Crippen LogP contribution in [0.15, 0.2) is 46.4 Å². The van der Waals surface area contributed by atoms with Crippen molar-refractivity contribution in [2.75, 3.05) is 31.7 Å². The number of rotatable bonds is 8. The van der Waals surface area contributed by atoms with Gasteiger partial charge in [0.2, 0.25) is 0 Å². The molecule has 35 heavy (non-hydrogen) atoms. The van der Waals surface area contributed by atoms with Crippen LogP contribution in [-0.4, -0.2) is 72.5 Å². The number of piperidine rings is 1. The van der Waals surface area contributed by atoms with Crippen LogP contribution in [0, 0.1) is 11.3 Å². The van der Waals surface area contributed by atoms with E-state index in [1.807, 2.05) is 11.8 Å². The molecule has 1 amide bonds. The highest BCUT2D eigenvalue weighted by Gasteiger charge is 2.38. The van der Waals surface area contributed by atoms with Crippen LogP contribution in [0.4, 0.5) is 5.69 Å². The van der Waals surface area contributed by atoms with Gasteiger partial charge in [-0.05, 0) is 44.0 Å². The van der Waals surface area contributed by atoms with Crippen molar-refractivity contribution in [3.63, 3.8) is 0 Å². The summed E-state index contributed by atoms with van der Waals surface area (Å²) in [6, 6.07) is 7.33. The number of hydrazine groups is 1. The molecule has 2 aliphatic heterocycles. The third-order valence-corrected chi connectivity index (χ3v) is 6.54. The lowest BCUT2D eigenvalue weighted by Crippen LogP contribution is -2.48. The summed E-state index contributed by atoms with van der Waals surface area (Å²) in [6.07, 6.45) is 8.06. The fourth-order valence-corrected chi connectivity index (χ4v) is 4.56. The number of nitrogens with zero attached hydrogens (tertiary/aromatic N) is 5. The van der Waals surface area contributed by atoms with Crippen molar-refractivity contribution in [2.24, 2.45) is 21.7 Å². The maximum absolute atomic E-state index is 13.1. The van der Waals surface area contributed by atoms with Gasteiger partial charge < -0.3 is 14.5 Å². The van der Waals surface area contributed by atoms with Crippen molar-refractivity contribution in [1.82, 2.24) is 9.80 Å².